The molecule has 0 saturated heterocycles. The van der Waals surface area contributed by atoms with E-state index in [4.69, 9.17) is 0 Å². The van der Waals surface area contributed by atoms with Gasteiger partial charge in [-0.25, -0.2) is 4.79 Å². The lowest BCUT2D eigenvalue weighted by molar-refractivity contribution is -0.164. The minimum atomic E-state index is -4.53. The van der Waals surface area contributed by atoms with Gasteiger partial charge in [0.25, 0.3) is 0 Å². The molecule has 0 bridgehead atoms. The molecule has 0 saturated carbocycles. The van der Waals surface area contributed by atoms with Crippen molar-refractivity contribution in [1.82, 2.24) is 0 Å². The van der Waals surface area contributed by atoms with E-state index in [0.29, 0.717) is 6.26 Å². The fourth-order valence-electron chi connectivity index (χ4n) is 0.360. The second kappa shape index (κ2) is 9.25. The molecule has 0 heterocycles. The van der Waals surface area contributed by atoms with Gasteiger partial charge in [0.15, 0.2) is 6.61 Å². The summed E-state index contributed by atoms with van der Waals surface area (Å²) in [5.74, 6) is -0.329. The molecule has 0 aromatic rings. The van der Waals surface area contributed by atoms with Crippen molar-refractivity contribution in [3.8, 4) is 0 Å². The zero-order valence-corrected chi connectivity index (χ0v) is 8.95. The summed E-state index contributed by atoms with van der Waals surface area (Å²) < 4.78 is 45.5. The van der Waals surface area contributed by atoms with Gasteiger partial charge in [0.2, 0.25) is 0 Å². The monoisotopic (exact) mass is 256 g/mol. The van der Waals surface area contributed by atoms with Crippen LogP contribution in [0.3, 0.4) is 0 Å². The Kier molecular flexibility index (Phi) is 9.47. The predicted octanol–water partition coefficient (Wildman–Crippen LogP) is 2.54. The third kappa shape index (κ3) is 20.2. The van der Waals surface area contributed by atoms with E-state index in [0.717, 1.165) is 6.26 Å². The molecule has 17 heavy (non-hydrogen) atoms. The maximum absolute atomic E-state index is 11.3. The molecule has 0 radical (unpaired) electrons. The molecular formula is C9H11F3O5. The Morgan fingerprint density at radius 1 is 1.18 bits per heavy atom. The molecule has 0 atom stereocenters. The van der Waals surface area contributed by atoms with E-state index in [2.05, 4.69) is 27.4 Å². The molecule has 0 aromatic heterocycles. The second-order valence-electron chi connectivity index (χ2n) is 2.21. The molecule has 0 aliphatic rings. The first-order chi connectivity index (χ1) is 7.72. The van der Waals surface area contributed by atoms with Crippen LogP contribution in [-0.2, 0) is 19.0 Å². The van der Waals surface area contributed by atoms with Crippen LogP contribution in [0.25, 0.3) is 0 Å². The van der Waals surface area contributed by atoms with Crippen LogP contribution in [-0.4, -0.2) is 24.9 Å². The molecule has 0 amide bonds. The maximum Gasteiger partial charge on any atom is 0.513 e. The van der Waals surface area contributed by atoms with Gasteiger partial charge in [-0.2, -0.15) is 13.2 Å². The molecule has 0 aliphatic heterocycles. The highest BCUT2D eigenvalue weighted by Gasteiger charge is 2.29. The van der Waals surface area contributed by atoms with Crippen molar-refractivity contribution in [1.29, 1.82) is 0 Å². The van der Waals surface area contributed by atoms with E-state index < -0.39 is 18.9 Å². The zero-order valence-electron chi connectivity index (χ0n) is 8.95. The van der Waals surface area contributed by atoms with Crippen molar-refractivity contribution in [2.75, 3.05) is 6.61 Å². The number of hydrogen-bond donors (Lipinski definition) is 0. The van der Waals surface area contributed by atoms with Crippen LogP contribution in [0.15, 0.2) is 25.7 Å². The molecule has 0 unspecified atom stereocenters. The van der Waals surface area contributed by atoms with Crippen molar-refractivity contribution in [2.24, 2.45) is 0 Å². The zero-order chi connectivity index (χ0) is 13.9. The number of carbonyl (C=O) groups excluding carboxylic acids is 2. The van der Waals surface area contributed by atoms with E-state index in [1.807, 2.05) is 0 Å². The van der Waals surface area contributed by atoms with Gasteiger partial charge in [-0.1, -0.05) is 13.2 Å². The highest BCUT2D eigenvalue weighted by Crippen LogP contribution is 2.14. The van der Waals surface area contributed by atoms with Crippen LogP contribution in [0.5, 0.6) is 0 Å². The third-order valence-corrected chi connectivity index (χ3v) is 0.783. The number of ether oxygens (including phenoxy) is 3. The summed E-state index contributed by atoms with van der Waals surface area (Å²) >= 11 is 0. The van der Waals surface area contributed by atoms with Crippen LogP contribution >= 0.6 is 0 Å². The highest BCUT2D eigenvalue weighted by atomic mass is 19.4. The third-order valence-electron chi connectivity index (χ3n) is 0.783. The Labute approximate surface area is 95.4 Å². The van der Waals surface area contributed by atoms with E-state index in [1.165, 1.54) is 6.92 Å². The normalized spacial score (nSPS) is 9.18. The van der Waals surface area contributed by atoms with E-state index in [9.17, 15) is 22.8 Å². The topological polar surface area (TPSA) is 61.8 Å². The number of halogens is 3. The minimum Gasteiger partial charge on any atom is -0.435 e. The maximum atomic E-state index is 11.3. The molecule has 0 spiro atoms. The van der Waals surface area contributed by atoms with Crippen molar-refractivity contribution in [3.05, 3.63) is 25.7 Å². The lowest BCUT2D eigenvalue weighted by Gasteiger charge is -2.05. The van der Waals surface area contributed by atoms with Gasteiger partial charge in [-0.15, -0.1) is 0 Å². The quantitative estimate of drug-likeness (QED) is 0.573. The Bertz CT molecular complexity index is 272. The van der Waals surface area contributed by atoms with Crippen LogP contribution in [0.4, 0.5) is 18.0 Å². The summed E-state index contributed by atoms with van der Waals surface area (Å²) in [6, 6.07) is 0. The molecule has 98 valence electrons. The molecule has 0 fully saturated rings. The van der Waals surface area contributed by atoms with Crippen LogP contribution < -0.4 is 0 Å². The summed E-state index contributed by atoms with van der Waals surface area (Å²) in [4.78, 5) is 19.8. The van der Waals surface area contributed by atoms with Crippen molar-refractivity contribution in [2.45, 2.75) is 13.1 Å². The summed E-state index contributed by atoms with van der Waals surface area (Å²) in [6.07, 6.45) is -4.17. The smallest absolute Gasteiger partial charge is 0.435 e. The van der Waals surface area contributed by atoms with Crippen LogP contribution in [0.2, 0.25) is 0 Å². The Balaban J connectivity index is 0. The summed E-state index contributed by atoms with van der Waals surface area (Å²) in [7, 11) is 0. The van der Waals surface area contributed by atoms with E-state index >= 15 is 0 Å². The first kappa shape index (κ1) is 17.4. The number of alkyl halides is 3. The number of hydrogen-bond acceptors (Lipinski definition) is 5. The van der Waals surface area contributed by atoms with E-state index in [1.54, 1.807) is 0 Å². The Morgan fingerprint density at radius 3 is 1.88 bits per heavy atom. The summed E-state index contributed by atoms with van der Waals surface area (Å²) in [5, 5.41) is 0. The molecule has 8 heteroatoms. The molecule has 0 rings (SSSR count). The first-order valence-electron chi connectivity index (χ1n) is 4.02. The Morgan fingerprint density at radius 2 is 1.65 bits per heavy atom. The fraction of sp³-hybridized carbons (Fsp3) is 0.333. The molecule has 0 N–H and O–H groups in total. The second-order valence-corrected chi connectivity index (χ2v) is 2.21. The summed E-state index contributed by atoms with van der Waals surface area (Å²) in [6.45, 7) is 5.77. The van der Waals surface area contributed by atoms with Gasteiger partial charge in [0, 0.05) is 6.92 Å². The minimum absolute atomic E-state index is 0.329. The Hall–Kier alpha value is -1.99. The van der Waals surface area contributed by atoms with Gasteiger partial charge in [-0.3, -0.25) is 4.79 Å². The molecule has 5 nitrogen and oxygen atoms in total. The average Bonchev–Trinajstić information content (AvgIpc) is 2.15. The predicted molar refractivity (Wildman–Crippen MR) is 50.6 cm³/mol. The van der Waals surface area contributed by atoms with Crippen molar-refractivity contribution < 1.29 is 37.0 Å². The van der Waals surface area contributed by atoms with Gasteiger partial charge < -0.3 is 14.2 Å². The summed E-state index contributed by atoms with van der Waals surface area (Å²) in [5.41, 5.74) is 0. The lowest BCUT2D eigenvalue weighted by atomic mass is 10.7. The van der Waals surface area contributed by atoms with Crippen molar-refractivity contribution in [3.63, 3.8) is 0 Å². The van der Waals surface area contributed by atoms with E-state index in [-0.39, 0.29) is 5.97 Å². The van der Waals surface area contributed by atoms with Gasteiger partial charge >= 0.3 is 18.3 Å². The van der Waals surface area contributed by atoms with Crippen molar-refractivity contribution >= 4 is 12.1 Å². The van der Waals surface area contributed by atoms with Gasteiger partial charge in [0.1, 0.15) is 0 Å². The SMILES string of the molecule is C=COC(=O)OCC(F)(F)F.C=COC(C)=O. The number of carbonyl (C=O) groups is 2. The van der Waals surface area contributed by atoms with Gasteiger partial charge in [0.05, 0.1) is 12.5 Å². The standard InChI is InChI=1S/C5H5F3O3.C4H6O2/c1-2-10-4(9)11-3-5(6,7)8;1-3-6-4(2)5/h2H,1,3H2;3H,1H2,2H3. The van der Waals surface area contributed by atoms with Crippen LogP contribution in [0, 0.1) is 0 Å². The largest absolute Gasteiger partial charge is 0.513 e. The van der Waals surface area contributed by atoms with Gasteiger partial charge in [-0.05, 0) is 0 Å². The first-order valence-corrected chi connectivity index (χ1v) is 4.02. The number of esters is 1. The molecule has 0 aromatic carbocycles. The highest BCUT2D eigenvalue weighted by molar-refractivity contribution is 5.66. The molecule has 0 aliphatic carbocycles. The fourth-order valence-corrected chi connectivity index (χ4v) is 0.360. The molecular weight excluding hydrogens is 245 g/mol. The lowest BCUT2D eigenvalue weighted by Crippen LogP contribution is -2.19. The number of rotatable bonds is 3. The average molecular weight is 256 g/mol. The van der Waals surface area contributed by atoms with Crippen LogP contribution in [0.1, 0.15) is 6.92 Å².